The van der Waals surface area contributed by atoms with Crippen molar-refractivity contribution < 1.29 is 13.9 Å². The molecule has 0 heterocycles. The van der Waals surface area contributed by atoms with Crippen LogP contribution < -0.4 is 10.1 Å². The first kappa shape index (κ1) is 17.4. The normalized spacial score (nSPS) is 12.0. The standard InChI is InChI=1S/C16H25FN2O2/c1-5-9-18-12(2)13-6-7-15(14(17)11-13)21-10-8-16(20)19(3)4/h6-7,11-12,18H,5,8-10H2,1-4H3. The average molecular weight is 296 g/mol. The predicted molar refractivity (Wildman–Crippen MR) is 81.9 cm³/mol. The van der Waals surface area contributed by atoms with Crippen molar-refractivity contribution in [2.24, 2.45) is 0 Å². The first-order valence-corrected chi connectivity index (χ1v) is 7.31. The Bertz CT molecular complexity index is 464. The Labute approximate surface area is 126 Å². The summed E-state index contributed by atoms with van der Waals surface area (Å²) in [6.07, 6.45) is 1.27. The molecular weight excluding hydrogens is 271 g/mol. The van der Waals surface area contributed by atoms with Gasteiger partial charge in [-0.2, -0.15) is 0 Å². The van der Waals surface area contributed by atoms with E-state index in [1.807, 2.05) is 13.0 Å². The topological polar surface area (TPSA) is 41.6 Å². The SMILES string of the molecule is CCCNC(C)c1ccc(OCCC(=O)N(C)C)c(F)c1. The van der Waals surface area contributed by atoms with Crippen molar-refractivity contribution in [3.05, 3.63) is 29.6 Å². The third-order valence-electron chi connectivity index (χ3n) is 3.23. The highest BCUT2D eigenvalue weighted by Crippen LogP contribution is 2.22. The van der Waals surface area contributed by atoms with E-state index in [4.69, 9.17) is 4.74 Å². The van der Waals surface area contributed by atoms with Gasteiger partial charge in [0.1, 0.15) is 0 Å². The molecule has 0 aromatic heterocycles. The molecule has 4 nitrogen and oxygen atoms in total. The summed E-state index contributed by atoms with van der Waals surface area (Å²) in [5.74, 6) is -0.243. The Hall–Kier alpha value is -1.62. The summed E-state index contributed by atoms with van der Waals surface area (Å²) in [6.45, 7) is 5.16. The predicted octanol–water partition coefficient (Wildman–Crippen LogP) is 2.74. The van der Waals surface area contributed by atoms with Crippen LogP contribution in [0, 0.1) is 5.82 Å². The van der Waals surface area contributed by atoms with Crippen molar-refractivity contribution in [2.75, 3.05) is 27.2 Å². The van der Waals surface area contributed by atoms with Crippen LogP contribution in [-0.2, 0) is 4.79 Å². The van der Waals surface area contributed by atoms with E-state index in [1.165, 1.54) is 11.0 Å². The lowest BCUT2D eigenvalue weighted by Crippen LogP contribution is -2.23. The summed E-state index contributed by atoms with van der Waals surface area (Å²) in [7, 11) is 3.37. The van der Waals surface area contributed by atoms with Gasteiger partial charge in [-0.3, -0.25) is 4.79 Å². The van der Waals surface area contributed by atoms with Crippen LogP contribution in [0.5, 0.6) is 5.75 Å². The van der Waals surface area contributed by atoms with Gasteiger partial charge in [-0.15, -0.1) is 0 Å². The number of nitrogens with one attached hydrogen (secondary N) is 1. The van der Waals surface area contributed by atoms with Crippen molar-refractivity contribution in [1.82, 2.24) is 10.2 Å². The molecule has 0 spiro atoms. The summed E-state index contributed by atoms with van der Waals surface area (Å²) in [5.41, 5.74) is 0.887. The fourth-order valence-electron chi connectivity index (χ4n) is 1.85. The number of ether oxygens (including phenoxy) is 1. The minimum absolute atomic E-state index is 0.0376. The van der Waals surface area contributed by atoms with Crippen molar-refractivity contribution in [2.45, 2.75) is 32.7 Å². The summed E-state index contributed by atoms with van der Waals surface area (Å²) in [5, 5.41) is 3.31. The molecule has 5 heteroatoms. The van der Waals surface area contributed by atoms with E-state index in [0.29, 0.717) is 0 Å². The monoisotopic (exact) mass is 296 g/mol. The number of carbonyl (C=O) groups excluding carboxylic acids is 1. The second kappa shape index (κ2) is 8.62. The average Bonchev–Trinajstić information content (AvgIpc) is 2.45. The lowest BCUT2D eigenvalue weighted by Gasteiger charge is -2.15. The van der Waals surface area contributed by atoms with E-state index in [-0.39, 0.29) is 30.7 Å². The highest BCUT2D eigenvalue weighted by atomic mass is 19.1. The quantitative estimate of drug-likeness (QED) is 0.802. The van der Waals surface area contributed by atoms with Crippen LogP contribution in [-0.4, -0.2) is 38.1 Å². The molecule has 1 N–H and O–H groups in total. The van der Waals surface area contributed by atoms with E-state index in [9.17, 15) is 9.18 Å². The van der Waals surface area contributed by atoms with Crippen LogP contribution in [0.2, 0.25) is 0 Å². The van der Waals surface area contributed by atoms with Crippen LogP contribution in [0.3, 0.4) is 0 Å². The van der Waals surface area contributed by atoms with Gasteiger partial charge in [0.15, 0.2) is 11.6 Å². The molecule has 0 saturated carbocycles. The minimum atomic E-state index is -0.394. The van der Waals surface area contributed by atoms with Crippen LogP contribution in [0.15, 0.2) is 18.2 Å². The molecule has 0 aliphatic rings. The number of benzene rings is 1. The van der Waals surface area contributed by atoms with Crippen LogP contribution >= 0.6 is 0 Å². The molecule has 0 aliphatic heterocycles. The lowest BCUT2D eigenvalue weighted by atomic mass is 10.1. The Kier molecular flexibility index (Phi) is 7.15. The Morgan fingerprint density at radius 3 is 2.71 bits per heavy atom. The summed E-state index contributed by atoms with van der Waals surface area (Å²) < 4.78 is 19.3. The highest BCUT2D eigenvalue weighted by molar-refractivity contribution is 5.75. The zero-order valence-electron chi connectivity index (χ0n) is 13.3. The molecular formula is C16H25FN2O2. The maximum absolute atomic E-state index is 14.0. The van der Waals surface area contributed by atoms with E-state index in [2.05, 4.69) is 12.2 Å². The van der Waals surface area contributed by atoms with Crippen molar-refractivity contribution in [3.8, 4) is 5.75 Å². The fraction of sp³-hybridized carbons (Fsp3) is 0.562. The molecule has 21 heavy (non-hydrogen) atoms. The number of halogens is 1. The first-order valence-electron chi connectivity index (χ1n) is 7.31. The summed E-state index contributed by atoms with van der Waals surface area (Å²) >= 11 is 0. The Balaban J connectivity index is 2.56. The number of hydrogen-bond acceptors (Lipinski definition) is 3. The molecule has 1 aromatic carbocycles. The van der Waals surface area contributed by atoms with Gasteiger partial charge >= 0.3 is 0 Å². The molecule has 1 amide bonds. The van der Waals surface area contributed by atoms with Gasteiger partial charge in [-0.1, -0.05) is 13.0 Å². The van der Waals surface area contributed by atoms with Gasteiger partial charge in [0.25, 0.3) is 0 Å². The third-order valence-corrected chi connectivity index (χ3v) is 3.23. The molecule has 0 radical (unpaired) electrons. The lowest BCUT2D eigenvalue weighted by molar-refractivity contribution is -0.129. The fourth-order valence-corrected chi connectivity index (χ4v) is 1.85. The molecule has 0 fully saturated rings. The molecule has 1 unspecified atom stereocenters. The third kappa shape index (κ3) is 5.71. The molecule has 0 aliphatic carbocycles. The van der Waals surface area contributed by atoms with Gasteiger partial charge in [-0.25, -0.2) is 4.39 Å². The number of amides is 1. The van der Waals surface area contributed by atoms with Crippen molar-refractivity contribution in [3.63, 3.8) is 0 Å². The van der Waals surface area contributed by atoms with E-state index >= 15 is 0 Å². The van der Waals surface area contributed by atoms with E-state index < -0.39 is 5.82 Å². The summed E-state index contributed by atoms with van der Waals surface area (Å²) in [6, 6.07) is 5.05. The molecule has 1 rings (SSSR count). The van der Waals surface area contributed by atoms with Crippen molar-refractivity contribution >= 4 is 5.91 Å². The van der Waals surface area contributed by atoms with Gasteiger partial charge in [0.05, 0.1) is 13.0 Å². The molecule has 1 aromatic rings. The Morgan fingerprint density at radius 2 is 2.14 bits per heavy atom. The smallest absolute Gasteiger partial charge is 0.225 e. The molecule has 118 valence electrons. The number of rotatable bonds is 8. The zero-order chi connectivity index (χ0) is 15.8. The molecule has 0 bridgehead atoms. The van der Waals surface area contributed by atoms with E-state index in [0.717, 1.165) is 18.5 Å². The zero-order valence-corrected chi connectivity index (χ0v) is 13.3. The second-order valence-electron chi connectivity index (χ2n) is 5.25. The first-order chi connectivity index (χ1) is 9.95. The van der Waals surface area contributed by atoms with Gasteiger partial charge in [-0.05, 0) is 37.6 Å². The van der Waals surface area contributed by atoms with Gasteiger partial charge in [0.2, 0.25) is 5.91 Å². The number of nitrogens with zero attached hydrogens (tertiary/aromatic N) is 1. The van der Waals surface area contributed by atoms with Crippen LogP contribution in [0.4, 0.5) is 4.39 Å². The molecule has 1 atom stereocenters. The van der Waals surface area contributed by atoms with Crippen molar-refractivity contribution in [1.29, 1.82) is 0 Å². The maximum atomic E-state index is 14.0. The minimum Gasteiger partial charge on any atom is -0.490 e. The van der Waals surface area contributed by atoms with Crippen LogP contribution in [0.1, 0.15) is 38.3 Å². The van der Waals surface area contributed by atoms with Gasteiger partial charge in [0, 0.05) is 20.1 Å². The summed E-state index contributed by atoms with van der Waals surface area (Å²) in [4.78, 5) is 12.9. The number of hydrogen-bond donors (Lipinski definition) is 1. The van der Waals surface area contributed by atoms with Gasteiger partial charge < -0.3 is 15.0 Å². The number of carbonyl (C=O) groups is 1. The second-order valence-corrected chi connectivity index (χ2v) is 5.25. The molecule has 0 saturated heterocycles. The highest BCUT2D eigenvalue weighted by Gasteiger charge is 2.10. The Morgan fingerprint density at radius 1 is 1.43 bits per heavy atom. The van der Waals surface area contributed by atoms with E-state index in [1.54, 1.807) is 20.2 Å². The van der Waals surface area contributed by atoms with Crippen LogP contribution in [0.25, 0.3) is 0 Å². The maximum Gasteiger partial charge on any atom is 0.225 e. The largest absolute Gasteiger partial charge is 0.490 e.